The lowest BCUT2D eigenvalue weighted by molar-refractivity contribution is 0.167. The normalized spacial score (nSPS) is 20.6. The molecular weight excluding hydrogens is 212 g/mol. The van der Waals surface area contributed by atoms with Crippen LogP contribution in [0.25, 0.3) is 10.9 Å². The van der Waals surface area contributed by atoms with E-state index in [2.05, 4.69) is 29.4 Å². The van der Waals surface area contributed by atoms with E-state index in [4.69, 9.17) is 4.74 Å². The average molecular weight is 230 g/mol. The first kappa shape index (κ1) is 10.7. The number of aryl methyl sites for hydroxylation is 1. The number of nitrogens with one attached hydrogen (secondary N) is 2. The summed E-state index contributed by atoms with van der Waals surface area (Å²) in [6.45, 7) is 4.20. The molecule has 0 radical (unpaired) electrons. The van der Waals surface area contributed by atoms with Gasteiger partial charge < -0.3 is 15.0 Å². The first-order valence-electron chi connectivity index (χ1n) is 6.28. The van der Waals surface area contributed by atoms with Crippen LogP contribution >= 0.6 is 0 Å². The van der Waals surface area contributed by atoms with Crippen LogP contribution in [0.2, 0.25) is 0 Å². The Bertz CT molecular complexity index is 512. The third-order valence-electron chi connectivity index (χ3n) is 3.41. The SMILES string of the molecule is Cc1c[nH]c2ccc(OC3CCCNC3)cc12. The Kier molecular flexibility index (Phi) is 2.77. The van der Waals surface area contributed by atoms with Gasteiger partial charge in [0.05, 0.1) is 0 Å². The highest BCUT2D eigenvalue weighted by Gasteiger charge is 2.14. The molecule has 1 aliphatic rings. The number of aromatic nitrogens is 1. The van der Waals surface area contributed by atoms with Crippen LogP contribution in [0.15, 0.2) is 24.4 Å². The largest absolute Gasteiger partial charge is 0.489 e. The lowest BCUT2D eigenvalue weighted by Crippen LogP contribution is -2.37. The Labute approximate surface area is 101 Å². The van der Waals surface area contributed by atoms with Crippen LogP contribution < -0.4 is 10.1 Å². The minimum atomic E-state index is 0.320. The first-order valence-corrected chi connectivity index (χ1v) is 6.28. The number of H-pyrrole nitrogens is 1. The number of fused-ring (bicyclic) bond motifs is 1. The van der Waals surface area contributed by atoms with Crippen molar-refractivity contribution in [2.24, 2.45) is 0 Å². The van der Waals surface area contributed by atoms with Crippen molar-refractivity contribution >= 4 is 10.9 Å². The molecular formula is C14H18N2O. The molecule has 90 valence electrons. The summed E-state index contributed by atoms with van der Waals surface area (Å²) in [7, 11) is 0. The fourth-order valence-electron chi connectivity index (χ4n) is 2.43. The quantitative estimate of drug-likeness (QED) is 0.832. The highest BCUT2D eigenvalue weighted by atomic mass is 16.5. The third kappa shape index (κ3) is 2.15. The standard InChI is InChI=1S/C14H18N2O/c1-10-8-16-14-5-4-11(7-13(10)14)17-12-3-2-6-15-9-12/h4-5,7-8,12,15-16H,2-3,6,9H2,1H3. The van der Waals surface area contributed by atoms with Crippen molar-refractivity contribution in [3.8, 4) is 5.75 Å². The van der Waals surface area contributed by atoms with Gasteiger partial charge in [0.1, 0.15) is 11.9 Å². The van der Waals surface area contributed by atoms with Crippen LogP contribution in [0.3, 0.4) is 0 Å². The molecule has 0 saturated carbocycles. The lowest BCUT2D eigenvalue weighted by Gasteiger charge is -2.23. The van der Waals surface area contributed by atoms with Gasteiger partial charge in [0.25, 0.3) is 0 Å². The summed E-state index contributed by atoms with van der Waals surface area (Å²) in [5, 5.41) is 4.62. The van der Waals surface area contributed by atoms with Gasteiger partial charge >= 0.3 is 0 Å². The average Bonchev–Trinajstić information content (AvgIpc) is 2.73. The van der Waals surface area contributed by atoms with Crippen molar-refractivity contribution in [3.63, 3.8) is 0 Å². The van der Waals surface area contributed by atoms with Gasteiger partial charge in [0.2, 0.25) is 0 Å². The van der Waals surface area contributed by atoms with Crippen molar-refractivity contribution in [2.45, 2.75) is 25.9 Å². The van der Waals surface area contributed by atoms with E-state index in [1.165, 1.54) is 22.9 Å². The van der Waals surface area contributed by atoms with Crippen LogP contribution in [-0.2, 0) is 0 Å². The number of piperidine rings is 1. The van der Waals surface area contributed by atoms with Gasteiger partial charge in [0, 0.05) is 23.6 Å². The van der Waals surface area contributed by atoms with Crippen molar-refractivity contribution in [1.82, 2.24) is 10.3 Å². The summed E-state index contributed by atoms with van der Waals surface area (Å²) >= 11 is 0. The summed E-state index contributed by atoms with van der Waals surface area (Å²) in [6, 6.07) is 6.27. The topological polar surface area (TPSA) is 37.0 Å². The Morgan fingerprint density at radius 3 is 3.12 bits per heavy atom. The Hall–Kier alpha value is -1.48. The van der Waals surface area contributed by atoms with Crippen LogP contribution in [0.1, 0.15) is 18.4 Å². The Morgan fingerprint density at radius 2 is 2.29 bits per heavy atom. The van der Waals surface area contributed by atoms with E-state index >= 15 is 0 Å². The van der Waals surface area contributed by atoms with Crippen molar-refractivity contribution in [2.75, 3.05) is 13.1 Å². The second kappa shape index (κ2) is 4.41. The highest BCUT2D eigenvalue weighted by Crippen LogP contribution is 2.24. The molecule has 3 rings (SSSR count). The molecule has 0 aliphatic carbocycles. The second-order valence-electron chi connectivity index (χ2n) is 4.77. The number of hydrogen-bond acceptors (Lipinski definition) is 2. The maximum Gasteiger partial charge on any atom is 0.120 e. The molecule has 1 aromatic heterocycles. The van der Waals surface area contributed by atoms with E-state index in [1.807, 2.05) is 12.3 Å². The number of aromatic amines is 1. The molecule has 1 aromatic carbocycles. The summed E-state index contributed by atoms with van der Waals surface area (Å²) in [6.07, 6.45) is 4.71. The lowest BCUT2D eigenvalue weighted by atomic mass is 10.1. The maximum atomic E-state index is 6.01. The number of rotatable bonds is 2. The molecule has 0 spiro atoms. The molecule has 1 fully saturated rings. The van der Waals surface area contributed by atoms with Crippen LogP contribution in [-0.4, -0.2) is 24.2 Å². The number of ether oxygens (including phenoxy) is 1. The number of benzene rings is 1. The molecule has 1 saturated heterocycles. The molecule has 17 heavy (non-hydrogen) atoms. The van der Waals surface area contributed by atoms with Crippen LogP contribution in [0.5, 0.6) is 5.75 Å². The maximum absolute atomic E-state index is 6.01. The molecule has 3 nitrogen and oxygen atoms in total. The van der Waals surface area contributed by atoms with Crippen molar-refractivity contribution in [3.05, 3.63) is 30.0 Å². The smallest absolute Gasteiger partial charge is 0.120 e. The molecule has 2 aromatic rings. The van der Waals surface area contributed by atoms with Gasteiger partial charge in [-0.1, -0.05) is 0 Å². The van der Waals surface area contributed by atoms with Gasteiger partial charge in [-0.2, -0.15) is 0 Å². The predicted octanol–water partition coefficient (Wildman–Crippen LogP) is 2.61. The summed E-state index contributed by atoms with van der Waals surface area (Å²) in [5.74, 6) is 0.980. The fourth-order valence-corrected chi connectivity index (χ4v) is 2.43. The molecule has 3 heteroatoms. The van der Waals surface area contributed by atoms with Crippen LogP contribution in [0, 0.1) is 6.92 Å². The van der Waals surface area contributed by atoms with Gasteiger partial charge in [0.15, 0.2) is 0 Å². The van der Waals surface area contributed by atoms with Crippen molar-refractivity contribution < 1.29 is 4.74 Å². The third-order valence-corrected chi connectivity index (χ3v) is 3.41. The minimum Gasteiger partial charge on any atom is -0.489 e. The summed E-state index contributed by atoms with van der Waals surface area (Å²) in [5.41, 5.74) is 2.45. The molecule has 2 N–H and O–H groups in total. The van der Waals surface area contributed by atoms with E-state index in [1.54, 1.807) is 0 Å². The van der Waals surface area contributed by atoms with Gasteiger partial charge in [-0.3, -0.25) is 0 Å². The molecule has 1 unspecified atom stereocenters. The summed E-state index contributed by atoms with van der Waals surface area (Å²) in [4.78, 5) is 3.25. The molecule has 0 bridgehead atoms. The zero-order chi connectivity index (χ0) is 11.7. The van der Waals surface area contributed by atoms with E-state index in [0.717, 1.165) is 25.3 Å². The van der Waals surface area contributed by atoms with Gasteiger partial charge in [-0.25, -0.2) is 0 Å². The predicted molar refractivity (Wildman–Crippen MR) is 69.6 cm³/mol. The zero-order valence-corrected chi connectivity index (χ0v) is 10.1. The van der Waals surface area contributed by atoms with E-state index in [-0.39, 0.29) is 0 Å². The molecule has 2 heterocycles. The zero-order valence-electron chi connectivity index (χ0n) is 10.1. The Balaban J connectivity index is 1.82. The van der Waals surface area contributed by atoms with Crippen molar-refractivity contribution in [1.29, 1.82) is 0 Å². The molecule has 1 aliphatic heterocycles. The fraction of sp³-hybridized carbons (Fsp3) is 0.429. The minimum absolute atomic E-state index is 0.320. The second-order valence-corrected chi connectivity index (χ2v) is 4.77. The van der Waals surface area contributed by atoms with E-state index < -0.39 is 0 Å². The van der Waals surface area contributed by atoms with Gasteiger partial charge in [-0.05, 0) is 50.1 Å². The monoisotopic (exact) mass is 230 g/mol. The van der Waals surface area contributed by atoms with E-state index in [9.17, 15) is 0 Å². The van der Waals surface area contributed by atoms with Gasteiger partial charge in [-0.15, -0.1) is 0 Å². The highest BCUT2D eigenvalue weighted by molar-refractivity contribution is 5.84. The molecule has 1 atom stereocenters. The number of hydrogen-bond donors (Lipinski definition) is 2. The first-order chi connectivity index (χ1) is 8.33. The van der Waals surface area contributed by atoms with E-state index in [0.29, 0.717) is 6.10 Å². The van der Waals surface area contributed by atoms with Crippen LogP contribution in [0.4, 0.5) is 0 Å². The Morgan fingerprint density at radius 1 is 1.35 bits per heavy atom. The molecule has 0 amide bonds. The summed E-state index contributed by atoms with van der Waals surface area (Å²) < 4.78 is 6.01.